The highest BCUT2D eigenvalue weighted by Crippen LogP contribution is 2.47. The number of hydrogen-bond acceptors (Lipinski definition) is 2. The summed E-state index contributed by atoms with van der Waals surface area (Å²) in [5, 5.41) is 2.68. The summed E-state index contributed by atoms with van der Waals surface area (Å²) in [6.45, 7) is 0.152. The number of benzene rings is 6. The topological polar surface area (TPSA) is 3.24 Å². The first kappa shape index (κ1) is 21.4. The van der Waals surface area contributed by atoms with Crippen molar-refractivity contribution < 1.29 is 0 Å². The lowest BCUT2D eigenvalue weighted by molar-refractivity contribution is 1.35. The normalized spacial score (nSPS) is 13.0. The molecule has 3 heterocycles. The van der Waals surface area contributed by atoms with Gasteiger partial charge in [0.2, 0.25) is 0 Å². The zero-order chi connectivity index (χ0) is 25.5. The minimum absolute atomic E-state index is 0.152. The zero-order valence-electron chi connectivity index (χ0n) is 21.1. The third kappa shape index (κ3) is 2.97. The first-order chi connectivity index (χ1) is 19.3. The number of fused-ring (bicyclic) bond motifs is 14. The van der Waals surface area contributed by atoms with Crippen LogP contribution in [-0.4, -0.2) is 6.85 Å². The van der Waals surface area contributed by atoms with Gasteiger partial charge in [0.1, 0.15) is 0 Å². The third-order valence-electron chi connectivity index (χ3n) is 8.48. The Labute approximate surface area is 231 Å². The van der Waals surface area contributed by atoms with Crippen LogP contribution in [0.2, 0.25) is 0 Å². The van der Waals surface area contributed by atoms with Crippen LogP contribution in [0.3, 0.4) is 0 Å². The molecule has 0 saturated carbocycles. The summed E-state index contributed by atoms with van der Waals surface area (Å²) < 4.78 is 2.69. The van der Waals surface area contributed by atoms with Gasteiger partial charge in [0.15, 0.2) is 0 Å². The van der Waals surface area contributed by atoms with E-state index in [-0.39, 0.29) is 6.85 Å². The molecule has 39 heavy (non-hydrogen) atoms. The van der Waals surface area contributed by atoms with E-state index in [9.17, 15) is 0 Å². The van der Waals surface area contributed by atoms with Gasteiger partial charge in [-0.15, -0.1) is 11.3 Å². The van der Waals surface area contributed by atoms with Gasteiger partial charge in [0, 0.05) is 42.7 Å². The van der Waals surface area contributed by atoms with Crippen molar-refractivity contribution in [2.45, 2.75) is 0 Å². The third-order valence-corrected chi connectivity index (χ3v) is 9.63. The summed E-state index contributed by atoms with van der Waals surface area (Å²) in [4.78, 5) is 2.56. The molecule has 0 atom stereocenters. The van der Waals surface area contributed by atoms with Gasteiger partial charge in [-0.1, -0.05) is 97.1 Å². The molecule has 1 nitrogen and oxygen atoms in total. The van der Waals surface area contributed by atoms with Crippen molar-refractivity contribution >= 4 is 60.7 Å². The lowest BCUT2D eigenvalue weighted by Gasteiger charge is -2.43. The second-order valence-corrected chi connectivity index (χ2v) is 11.6. The zero-order valence-corrected chi connectivity index (χ0v) is 22.0. The van der Waals surface area contributed by atoms with Crippen LogP contribution < -0.4 is 15.7 Å². The number of rotatable bonds is 1. The highest BCUT2D eigenvalue weighted by Gasteiger charge is 2.41. The Morgan fingerprint density at radius 2 is 1.03 bits per heavy atom. The van der Waals surface area contributed by atoms with Crippen molar-refractivity contribution in [2.75, 3.05) is 4.81 Å². The Kier molecular flexibility index (Phi) is 4.35. The van der Waals surface area contributed by atoms with Crippen molar-refractivity contribution in [3.8, 4) is 33.4 Å². The Bertz CT molecular complexity index is 2110. The number of nitrogens with zero attached hydrogens (tertiary/aromatic N) is 1. The van der Waals surface area contributed by atoms with E-state index in [1.165, 1.54) is 75.9 Å². The van der Waals surface area contributed by atoms with E-state index < -0.39 is 0 Å². The van der Waals surface area contributed by atoms with Crippen LogP contribution in [0.1, 0.15) is 0 Å². The monoisotopic (exact) mass is 511 g/mol. The fourth-order valence-corrected chi connectivity index (χ4v) is 7.86. The molecule has 0 radical (unpaired) electrons. The lowest BCUT2D eigenvalue weighted by Crippen LogP contribution is -2.59. The van der Waals surface area contributed by atoms with E-state index in [1.54, 1.807) is 0 Å². The number of para-hydroxylation sites is 1. The number of anilines is 2. The Hall–Kier alpha value is -4.60. The maximum Gasteiger partial charge on any atom is 0.329 e. The standard InChI is InChI=1S/C36H22BNS/c1-5-13-31-25(9-1)27-11-3-7-15-33(27)38-34-19-17-23(21-29(34)26-10-2-6-14-32(26)37(31)38)24-18-20-36-30(22-24)28-12-4-8-16-35(28)39-36/h1-22H. The fraction of sp³-hybridized carbons (Fsp3) is 0. The molecule has 0 unspecified atom stereocenters. The van der Waals surface area contributed by atoms with E-state index >= 15 is 0 Å². The van der Waals surface area contributed by atoms with Gasteiger partial charge in [-0.3, -0.25) is 0 Å². The Morgan fingerprint density at radius 3 is 1.87 bits per heavy atom. The molecule has 3 heteroatoms. The van der Waals surface area contributed by atoms with Crippen LogP contribution >= 0.6 is 11.3 Å². The molecular weight excluding hydrogens is 489 g/mol. The van der Waals surface area contributed by atoms with E-state index in [4.69, 9.17) is 0 Å². The molecular formula is C36H22BNS. The molecule has 9 rings (SSSR count). The van der Waals surface area contributed by atoms with Crippen LogP contribution in [0.25, 0.3) is 53.6 Å². The molecule has 1 aromatic heterocycles. The van der Waals surface area contributed by atoms with Crippen molar-refractivity contribution in [3.63, 3.8) is 0 Å². The summed E-state index contributed by atoms with van der Waals surface area (Å²) >= 11 is 1.87. The molecule has 0 aliphatic carbocycles. The van der Waals surface area contributed by atoms with E-state index in [2.05, 4.69) is 138 Å². The molecule has 7 aromatic rings. The minimum atomic E-state index is 0.152. The number of thiophene rings is 1. The Balaban J connectivity index is 1.28. The maximum absolute atomic E-state index is 2.56. The molecule has 2 aliphatic heterocycles. The van der Waals surface area contributed by atoms with Crippen LogP contribution in [0, 0.1) is 0 Å². The first-order valence-corrected chi connectivity index (χ1v) is 14.3. The van der Waals surface area contributed by atoms with Crippen molar-refractivity contribution in [3.05, 3.63) is 133 Å². The summed E-state index contributed by atoms with van der Waals surface area (Å²) in [6.07, 6.45) is 0. The van der Waals surface area contributed by atoms with Crippen LogP contribution in [-0.2, 0) is 0 Å². The average molecular weight is 511 g/mol. The summed E-state index contributed by atoms with van der Waals surface area (Å²) in [6, 6.07) is 49.5. The van der Waals surface area contributed by atoms with E-state index in [0.717, 1.165) is 0 Å². The average Bonchev–Trinajstić information content (AvgIpc) is 3.38. The molecule has 2 aliphatic rings. The molecule has 0 spiro atoms. The smallest absolute Gasteiger partial charge is 0.329 e. The summed E-state index contributed by atoms with van der Waals surface area (Å²) in [5.41, 5.74) is 13.0. The largest absolute Gasteiger partial charge is 0.376 e. The van der Waals surface area contributed by atoms with Crippen molar-refractivity contribution in [2.24, 2.45) is 0 Å². The van der Waals surface area contributed by atoms with Gasteiger partial charge in [-0.25, -0.2) is 0 Å². The molecule has 0 saturated heterocycles. The van der Waals surface area contributed by atoms with E-state index in [1.807, 2.05) is 11.3 Å². The van der Waals surface area contributed by atoms with Gasteiger partial charge in [-0.05, 0) is 69.6 Å². The molecule has 6 aromatic carbocycles. The first-order valence-electron chi connectivity index (χ1n) is 13.5. The predicted molar refractivity (Wildman–Crippen MR) is 169 cm³/mol. The van der Waals surface area contributed by atoms with Crippen LogP contribution in [0.5, 0.6) is 0 Å². The number of hydrogen-bond donors (Lipinski definition) is 0. The van der Waals surface area contributed by atoms with Crippen LogP contribution in [0.15, 0.2) is 133 Å². The van der Waals surface area contributed by atoms with Crippen molar-refractivity contribution in [1.29, 1.82) is 0 Å². The second kappa shape index (κ2) is 7.95. The molecule has 0 fully saturated rings. The van der Waals surface area contributed by atoms with Crippen LogP contribution in [0.4, 0.5) is 11.4 Å². The second-order valence-electron chi connectivity index (χ2n) is 10.5. The van der Waals surface area contributed by atoms with Crippen molar-refractivity contribution in [1.82, 2.24) is 0 Å². The van der Waals surface area contributed by atoms with Gasteiger partial charge >= 0.3 is 6.85 Å². The Morgan fingerprint density at radius 1 is 0.436 bits per heavy atom. The van der Waals surface area contributed by atoms with Gasteiger partial charge in [-0.2, -0.15) is 0 Å². The highest BCUT2D eigenvalue weighted by atomic mass is 32.1. The predicted octanol–water partition coefficient (Wildman–Crippen LogP) is 8.63. The van der Waals surface area contributed by atoms with Gasteiger partial charge < -0.3 is 4.81 Å². The molecule has 180 valence electrons. The summed E-state index contributed by atoms with van der Waals surface area (Å²) in [7, 11) is 0. The van der Waals surface area contributed by atoms with Gasteiger partial charge in [0.25, 0.3) is 0 Å². The molecule has 0 amide bonds. The summed E-state index contributed by atoms with van der Waals surface area (Å²) in [5.74, 6) is 0. The SMILES string of the molecule is c1ccc2c(c1)B1c3ccccc3-c3cc(-c4ccc5sc6ccccc6c5c4)ccc3N1c1ccccc1-2. The van der Waals surface area contributed by atoms with E-state index in [0.29, 0.717) is 0 Å². The highest BCUT2D eigenvalue weighted by molar-refractivity contribution is 7.25. The quantitative estimate of drug-likeness (QED) is 0.200. The van der Waals surface area contributed by atoms with Gasteiger partial charge in [0.05, 0.1) is 0 Å². The maximum atomic E-state index is 2.56. The minimum Gasteiger partial charge on any atom is -0.376 e. The fourth-order valence-electron chi connectivity index (χ4n) is 6.77. The molecule has 0 N–H and O–H groups in total. The lowest BCUT2D eigenvalue weighted by atomic mass is 9.43. The molecule has 0 bridgehead atoms.